The average molecular weight is 251 g/mol. The standard InChI is InChI=1S/C13H21N3O2/c17-12-2-1-7-18-13(12)3-5-16(6-4-13)9-11-8-14-10-15-11/h8,10,12,17H,1-7,9H2,(H,14,15)/t12-/m1/s1. The Kier molecular flexibility index (Phi) is 3.37. The van der Waals surface area contributed by atoms with Crippen LogP contribution in [0.5, 0.6) is 0 Å². The molecule has 2 aliphatic rings. The highest BCUT2D eigenvalue weighted by Gasteiger charge is 2.43. The van der Waals surface area contributed by atoms with E-state index >= 15 is 0 Å². The summed E-state index contributed by atoms with van der Waals surface area (Å²) in [4.78, 5) is 9.56. The summed E-state index contributed by atoms with van der Waals surface area (Å²) in [5.74, 6) is 0. The molecule has 18 heavy (non-hydrogen) atoms. The molecule has 2 aliphatic heterocycles. The van der Waals surface area contributed by atoms with E-state index in [4.69, 9.17) is 4.74 Å². The molecule has 2 saturated heterocycles. The highest BCUT2D eigenvalue weighted by molar-refractivity contribution is 4.99. The van der Waals surface area contributed by atoms with Crippen LogP contribution < -0.4 is 0 Å². The molecule has 1 aromatic rings. The van der Waals surface area contributed by atoms with E-state index < -0.39 is 0 Å². The summed E-state index contributed by atoms with van der Waals surface area (Å²) in [5, 5.41) is 10.2. The largest absolute Gasteiger partial charge is 0.390 e. The van der Waals surface area contributed by atoms with E-state index in [9.17, 15) is 5.11 Å². The van der Waals surface area contributed by atoms with Gasteiger partial charge in [0.05, 0.1) is 18.0 Å². The first-order chi connectivity index (χ1) is 8.78. The predicted molar refractivity (Wildman–Crippen MR) is 67.0 cm³/mol. The van der Waals surface area contributed by atoms with E-state index in [0.29, 0.717) is 0 Å². The van der Waals surface area contributed by atoms with Crippen molar-refractivity contribution in [2.24, 2.45) is 0 Å². The molecular weight excluding hydrogens is 230 g/mol. The van der Waals surface area contributed by atoms with Crippen LogP contribution in [0.2, 0.25) is 0 Å². The molecule has 1 spiro atoms. The summed E-state index contributed by atoms with van der Waals surface area (Å²) in [7, 11) is 0. The lowest BCUT2D eigenvalue weighted by molar-refractivity contribution is -0.177. The van der Waals surface area contributed by atoms with Crippen LogP contribution in [-0.4, -0.2) is 51.4 Å². The molecule has 0 bridgehead atoms. The molecule has 3 heterocycles. The monoisotopic (exact) mass is 251 g/mol. The van der Waals surface area contributed by atoms with Crippen LogP contribution in [0.1, 0.15) is 31.4 Å². The third-order valence-corrected chi connectivity index (χ3v) is 4.27. The lowest BCUT2D eigenvalue weighted by atomic mass is 9.82. The first kappa shape index (κ1) is 12.1. The molecule has 1 aromatic heterocycles. The van der Waals surface area contributed by atoms with Gasteiger partial charge in [-0.1, -0.05) is 0 Å². The zero-order chi connectivity index (χ0) is 12.4. The van der Waals surface area contributed by atoms with Gasteiger partial charge in [0, 0.05) is 38.1 Å². The first-order valence-corrected chi connectivity index (χ1v) is 6.80. The highest BCUT2D eigenvalue weighted by Crippen LogP contribution is 2.35. The molecular formula is C13H21N3O2. The van der Waals surface area contributed by atoms with Gasteiger partial charge in [-0.25, -0.2) is 4.98 Å². The number of aromatic amines is 1. The molecule has 2 N–H and O–H groups in total. The van der Waals surface area contributed by atoms with Gasteiger partial charge in [0.2, 0.25) is 0 Å². The Labute approximate surface area is 107 Å². The second-order valence-electron chi connectivity index (χ2n) is 5.42. The van der Waals surface area contributed by atoms with E-state index in [0.717, 1.165) is 57.6 Å². The second-order valence-corrected chi connectivity index (χ2v) is 5.42. The SMILES string of the molecule is O[C@@H]1CCCOC12CCN(Cc1cnc[nH]1)CC2. The molecule has 5 nitrogen and oxygen atoms in total. The quantitative estimate of drug-likeness (QED) is 0.820. The fourth-order valence-electron chi connectivity index (χ4n) is 3.09. The molecule has 2 fully saturated rings. The van der Waals surface area contributed by atoms with Crippen molar-refractivity contribution < 1.29 is 9.84 Å². The summed E-state index contributed by atoms with van der Waals surface area (Å²) in [5.41, 5.74) is 0.888. The van der Waals surface area contributed by atoms with Crippen LogP contribution in [0.3, 0.4) is 0 Å². The highest BCUT2D eigenvalue weighted by atomic mass is 16.5. The molecule has 0 aliphatic carbocycles. The van der Waals surface area contributed by atoms with E-state index in [1.807, 2.05) is 6.20 Å². The number of nitrogens with zero attached hydrogens (tertiary/aromatic N) is 2. The van der Waals surface area contributed by atoms with E-state index in [1.165, 1.54) is 0 Å². The lowest BCUT2D eigenvalue weighted by Gasteiger charge is -2.46. The van der Waals surface area contributed by atoms with Gasteiger partial charge in [-0.15, -0.1) is 0 Å². The zero-order valence-electron chi connectivity index (χ0n) is 10.6. The Morgan fingerprint density at radius 1 is 1.50 bits per heavy atom. The van der Waals surface area contributed by atoms with Crippen LogP contribution in [0, 0.1) is 0 Å². The minimum Gasteiger partial charge on any atom is -0.390 e. The van der Waals surface area contributed by atoms with Crippen LogP contribution in [0.25, 0.3) is 0 Å². The molecule has 100 valence electrons. The Balaban J connectivity index is 1.57. The molecule has 0 amide bonds. The molecule has 0 unspecified atom stereocenters. The predicted octanol–water partition coefficient (Wildman–Crippen LogP) is 0.916. The van der Waals surface area contributed by atoms with Gasteiger partial charge in [-0.3, -0.25) is 4.90 Å². The summed E-state index contributed by atoms with van der Waals surface area (Å²) >= 11 is 0. The maximum Gasteiger partial charge on any atom is 0.0964 e. The van der Waals surface area contributed by atoms with Crippen LogP contribution in [0.4, 0.5) is 0 Å². The number of H-pyrrole nitrogens is 1. The van der Waals surface area contributed by atoms with Gasteiger partial charge >= 0.3 is 0 Å². The number of hydrogen-bond donors (Lipinski definition) is 2. The van der Waals surface area contributed by atoms with Crippen LogP contribution in [-0.2, 0) is 11.3 Å². The van der Waals surface area contributed by atoms with Gasteiger partial charge in [0.15, 0.2) is 0 Å². The number of nitrogens with one attached hydrogen (secondary N) is 1. The van der Waals surface area contributed by atoms with Crippen molar-refractivity contribution in [2.45, 2.75) is 43.9 Å². The van der Waals surface area contributed by atoms with Gasteiger partial charge in [-0.05, 0) is 25.7 Å². The molecule has 1 atom stereocenters. The van der Waals surface area contributed by atoms with E-state index in [1.54, 1.807) is 6.33 Å². The Morgan fingerprint density at radius 3 is 3.00 bits per heavy atom. The molecule has 3 rings (SSSR count). The topological polar surface area (TPSA) is 61.4 Å². The number of aliphatic hydroxyl groups is 1. The van der Waals surface area contributed by atoms with Gasteiger partial charge < -0.3 is 14.8 Å². The number of ether oxygens (including phenoxy) is 1. The Hall–Kier alpha value is -0.910. The maximum absolute atomic E-state index is 10.2. The van der Waals surface area contributed by atoms with Gasteiger partial charge in [-0.2, -0.15) is 0 Å². The van der Waals surface area contributed by atoms with Crippen molar-refractivity contribution in [3.8, 4) is 0 Å². The minimum absolute atomic E-state index is 0.261. The summed E-state index contributed by atoms with van der Waals surface area (Å²) < 4.78 is 5.91. The number of likely N-dealkylation sites (tertiary alicyclic amines) is 1. The number of rotatable bonds is 2. The van der Waals surface area contributed by atoms with Crippen LogP contribution in [0.15, 0.2) is 12.5 Å². The zero-order valence-corrected chi connectivity index (χ0v) is 10.6. The normalized spacial score (nSPS) is 28.6. The number of aromatic nitrogens is 2. The number of piperidine rings is 1. The molecule has 0 aromatic carbocycles. The fraction of sp³-hybridized carbons (Fsp3) is 0.769. The van der Waals surface area contributed by atoms with Gasteiger partial charge in [0.1, 0.15) is 0 Å². The van der Waals surface area contributed by atoms with Crippen molar-refractivity contribution in [2.75, 3.05) is 19.7 Å². The maximum atomic E-state index is 10.2. The first-order valence-electron chi connectivity index (χ1n) is 6.80. The van der Waals surface area contributed by atoms with E-state index in [2.05, 4.69) is 14.9 Å². The summed E-state index contributed by atoms with van der Waals surface area (Å²) in [6.07, 6.45) is 7.05. The average Bonchev–Trinajstić information content (AvgIpc) is 2.89. The minimum atomic E-state index is -0.277. The van der Waals surface area contributed by atoms with Crippen molar-refractivity contribution >= 4 is 0 Å². The van der Waals surface area contributed by atoms with Crippen molar-refractivity contribution in [3.63, 3.8) is 0 Å². The van der Waals surface area contributed by atoms with Crippen LogP contribution >= 0.6 is 0 Å². The third-order valence-electron chi connectivity index (χ3n) is 4.27. The summed E-state index contributed by atoms with van der Waals surface area (Å²) in [6, 6.07) is 0. The molecule has 5 heteroatoms. The fourth-order valence-corrected chi connectivity index (χ4v) is 3.09. The summed E-state index contributed by atoms with van der Waals surface area (Å²) in [6.45, 7) is 3.68. The Bertz CT molecular complexity index is 372. The van der Waals surface area contributed by atoms with Crippen molar-refractivity contribution in [1.82, 2.24) is 14.9 Å². The number of imidazole rings is 1. The molecule has 0 saturated carbocycles. The second kappa shape index (κ2) is 4.99. The molecule has 0 radical (unpaired) electrons. The smallest absolute Gasteiger partial charge is 0.0964 e. The van der Waals surface area contributed by atoms with Crippen molar-refractivity contribution in [1.29, 1.82) is 0 Å². The van der Waals surface area contributed by atoms with Crippen molar-refractivity contribution in [3.05, 3.63) is 18.2 Å². The number of hydrogen-bond acceptors (Lipinski definition) is 4. The lowest BCUT2D eigenvalue weighted by Crippen LogP contribution is -2.55. The Morgan fingerprint density at radius 2 is 2.33 bits per heavy atom. The number of aliphatic hydroxyl groups excluding tert-OH is 1. The van der Waals surface area contributed by atoms with Gasteiger partial charge in [0.25, 0.3) is 0 Å². The van der Waals surface area contributed by atoms with E-state index in [-0.39, 0.29) is 11.7 Å². The third kappa shape index (κ3) is 2.30.